The van der Waals surface area contributed by atoms with Crippen LogP contribution in [0.15, 0.2) is 30.3 Å². The first kappa shape index (κ1) is 17.3. The second kappa shape index (κ2) is 5.91. The van der Waals surface area contributed by atoms with Gasteiger partial charge in [0, 0.05) is 0 Å². The first-order valence-corrected chi connectivity index (χ1v) is 10.5. The zero-order chi connectivity index (χ0) is 12.1. The van der Waals surface area contributed by atoms with Gasteiger partial charge in [-0.25, -0.2) is 0 Å². The van der Waals surface area contributed by atoms with E-state index in [-0.39, 0.29) is 30.4 Å². The Morgan fingerprint density at radius 3 is 2.32 bits per heavy atom. The van der Waals surface area contributed by atoms with Crippen molar-refractivity contribution in [1.82, 2.24) is 3.80 Å². The molecule has 0 spiro atoms. The van der Waals surface area contributed by atoms with Crippen LogP contribution >= 0.6 is 0 Å². The molecule has 1 saturated heterocycles. The minimum absolute atomic E-state index is 0. The van der Waals surface area contributed by atoms with Crippen LogP contribution in [0.2, 0.25) is 9.45 Å². The summed E-state index contributed by atoms with van der Waals surface area (Å²) in [6.45, 7) is 6.93. The Labute approximate surface area is 132 Å². The average Bonchev–Trinajstić information content (AvgIpc) is 2.88. The Morgan fingerprint density at radius 2 is 1.74 bits per heavy atom. The van der Waals surface area contributed by atoms with E-state index in [4.69, 9.17) is 0 Å². The number of hydrogen-bond acceptors (Lipinski definition) is 1. The summed E-state index contributed by atoms with van der Waals surface area (Å²) in [5, 5.41) is 0. The van der Waals surface area contributed by atoms with Crippen molar-refractivity contribution in [2.24, 2.45) is 0 Å². The van der Waals surface area contributed by atoms with Crippen LogP contribution in [0.4, 0.5) is 0 Å². The Bertz CT molecular complexity index is 475. The molecule has 3 rings (SSSR count). The van der Waals surface area contributed by atoms with Crippen LogP contribution in [0.1, 0.15) is 36.1 Å². The largest absolute Gasteiger partial charge is 1.00 e. The van der Waals surface area contributed by atoms with Crippen molar-refractivity contribution < 1.29 is 41.7 Å². The predicted octanol–water partition coefficient (Wildman–Crippen LogP) is -1.93. The van der Waals surface area contributed by atoms with E-state index >= 15 is 0 Å². The van der Waals surface area contributed by atoms with Gasteiger partial charge in [0.05, 0.1) is 0 Å². The van der Waals surface area contributed by atoms with Gasteiger partial charge in [-0.1, -0.05) is 0 Å². The maximum atomic E-state index is 4.03. The topological polar surface area (TPSA) is 12.0 Å². The molecule has 1 N–H and O–H groups in total. The van der Waals surface area contributed by atoms with Crippen LogP contribution in [-0.4, -0.2) is 5.54 Å². The standard InChI is InChI=1S/C9H7.C4H10N.C2H4.2ClH.Ti/c1-2-5-9-7-3-6-8(9)4-1;1-4(2,3)5;1-2;;;/h1-7H;5H,1-3H3;1-2H2;2*1H;/q;-1;;;;+3/p-2. The van der Waals surface area contributed by atoms with E-state index in [0.29, 0.717) is 0 Å². The molecule has 1 aliphatic heterocycles. The fraction of sp³-hybridized carbons (Fsp3) is 0.467. The third-order valence-corrected chi connectivity index (χ3v) is 10.9. The molecule has 1 atom stereocenters. The summed E-state index contributed by atoms with van der Waals surface area (Å²) in [7, 11) is 0. The van der Waals surface area contributed by atoms with Crippen LogP contribution in [0.5, 0.6) is 0 Å². The van der Waals surface area contributed by atoms with Gasteiger partial charge in [0.25, 0.3) is 0 Å². The monoisotopic (exact) mass is 333 g/mol. The van der Waals surface area contributed by atoms with Crippen LogP contribution in [0.3, 0.4) is 0 Å². The van der Waals surface area contributed by atoms with Gasteiger partial charge in [-0.15, -0.1) is 0 Å². The molecular formula is C15H21Cl2NTi. The Hall–Kier alpha value is 0.214. The van der Waals surface area contributed by atoms with Crippen molar-refractivity contribution in [3.8, 4) is 0 Å². The molecule has 0 saturated carbocycles. The summed E-state index contributed by atoms with van der Waals surface area (Å²) in [4.78, 5) is 0. The predicted molar refractivity (Wildman–Crippen MR) is 70.7 cm³/mol. The number of nitrogens with one attached hydrogen (secondary N) is 1. The molecule has 1 aromatic carbocycles. The van der Waals surface area contributed by atoms with Crippen LogP contribution in [0, 0.1) is 0 Å². The molecule has 1 nitrogen and oxygen atoms in total. The van der Waals surface area contributed by atoms with E-state index in [1.165, 1.54) is 15.0 Å². The van der Waals surface area contributed by atoms with E-state index in [9.17, 15) is 0 Å². The number of halogens is 2. The Balaban J connectivity index is 0.000000902. The van der Waals surface area contributed by atoms with E-state index in [2.05, 4.69) is 61.0 Å². The van der Waals surface area contributed by atoms with Crippen molar-refractivity contribution in [2.45, 2.75) is 40.0 Å². The summed E-state index contributed by atoms with van der Waals surface area (Å²) >= 11 is -1.79. The van der Waals surface area contributed by atoms with Crippen molar-refractivity contribution in [3.05, 3.63) is 41.5 Å². The second-order valence-corrected chi connectivity index (χ2v) is 13.0. The zero-order valence-corrected chi connectivity index (χ0v) is 14.8. The van der Waals surface area contributed by atoms with Crippen molar-refractivity contribution in [3.63, 3.8) is 0 Å². The Kier molecular flexibility index (Phi) is 5.37. The van der Waals surface area contributed by atoms with E-state index < -0.39 is 16.8 Å². The molecule has 1 aromatic rings. The molecule has 0 amide bonds. The van der Waals surface area contributed by atoms with Gasteiger partial charge in [-0.05, 0) is 0 Å². The fourth-order valence-corrected chi connectivity index (χ4v) is 11.3. The molecule has 1 heterocycles. The van der Waals surface area contributed by atoms with E-state index in [0.717, 1.165) is 4.22 Å². The minimum atomic E-state index is -1.79. The summed E-state index contributed by atoms with van der Waals surface area (Å²) < 4.78 is 7.75. The average molecular weight is 334 g/mol. The molecule has 2 aliphatic rings. The molecule has 0 bridgehead atoms. The molecule has 1 aliphatic carbocycles. The molecule has 0 radical (unpaired) electrons. The zero-order valence-electron chi connectivity index (χ0n) is 11.7. The first-order valence-electron chi connectivity index (χ1n) is 6.57. The van der Waals surface area contributed by atoms with Crippen LogP contribution in [0.25, 0.3) is 6.08 Å². The maximum Gasteiger partial charge on any atom is -1.00 e. The van der Waals surface area contributed by atoms with Crippen LogP contribution < -0.4 is 28.6 Å². The number of rotatable bonds is 2. The van der Waals surface area contributed by atoms with Crippen molar-refractivity contribution in [1.29, 1.82) is 0 Å². The summed E-state index contributed by atoms with van der Waals surface area (Å²) in [5.74, 6) is 0. The van der Waals surface area contributed by atoms with Gasteiger partial charge in [-0.3, -0.25) is 0 Å². The summed E-state index contributed by atoms with van der Waals surface area (Å²) in [6.07, 6.45) is 4.80. The minimum Gasteiger partial charge on any atom is -1.00 e. The van der Waals surface area contributed by atoms with Gasteiger partial charge >= 0.3 is 108 Å². The molecule has 1 fully saturated rings. The van der Waals surface area contributed by atoms with E-state index in [1.807, 2.05) is 0 Å². The number of benzene rings is 1. The summed E-state index contributed by atoms with van der Waals surface area (Å²) in [6, 6.07) is 8.92. The number of allylic oxidation sites excluding steroid dienone is 1. The summed E-state index contributed by atoms with van der Waals surface area (Å²) in [5.41, 5.74) is 3.31. The van der Waals surface area contributed by atoms with Gasteiger partial charge in [0.1, 0.15) is 0 Å². The quantitative estimate of drug-likeness (QED) is 0.622. The number of fused-ring (bicyclic) bond motifs is 1. The first-order chi connectivity index (χ1) is 8.00. The smallest absolute Gasteiger partial charge is 1.00 e. The third-order valence-electron chi connectivity index (χ3n) is 3.81. The molecule has 104 valence electrons. The molecular weight excluding hydrogens is 313 g/mol. The fourth-order valence-electron chi connectivity index (χ4n) is 3.13. The van der Waals surface area contributed by atoms with Gasteiger partial charge in [0.2, 0.25) is 0 Å². The Morgan fingerprint density at radius 1 is 1.11 bits per heavy atom. The molecule has 1 unspecified atom stereocenters. The molecule has 19 heavy (non-hydrogen) atoms. The maximum absolute atomic E-state index is 4.03. The number of hydrogen-bond donors (Lipinski definition) is 1. The van der Waals surface area contributed by atoms with Crippen molar-refractivity contribution >= 4 is 6.08 Å². The molecule has 0 aromatic heterocycles. The van der Waals surface area contributed by atoms with Crippen LogP contribution in [-0.2, 0) is 16.8 Å². The van der Waals surface area contributed by atoms with Gasteiger partial charge < -0.3 is 24.8 Å². The third kappa shape index (κ3) is 3.46. The normalized spacial score (nSPS) is 20.5. The van der Waals surface area contributed by atoms with E-state index in [1.54, 1.807) is 5.56 Å². The second-order valence-electron chi connectivity index (χ2n) is 6.50. The molecule has 4 heteroatoms. The van der Waals surface area contributed by atoms with Gasteiger partial charge in [-0.2, -0.15) is 0 Å². The SMILES string of the molecule is CC(C)(C)[NH][Ti+2]1([CH]2C=Cc3ccccc32)[CH2][CH2]1.[Cl-].[Cl-]. The van der Waals surface area contributed by atoms with Crippen molar-refractivity contribution in [2.75, 3.05) is 0 Å². The van der Waals surface area contributed by atoms with Gasteiger partial charge in [0.15, 0.2) is 0 Å².